The normalized spacial score (nSPS) is 13.3. The first-order chi connectivity index (χ1) is 9.88. The highest BCUT2D eigenvalue weighted by Gasteiger charge is 2.21. The van der Waals surface area contributed by atoms with Crippen LogP contribution < -0.4 is 4.72 Å². The summed E-state index contributed by atoms with van der Waals surface area (Å²) in [6.07, 6.45) is 3.13. The number of aromatic nitrogens is 2. The Morgan fingerprint density at radius 2 is 1.95 bits per heavy atom. The maximum atomic E-state index is 12.3. The molecule has 5 nitrogen and oxygen atoms in total. The van der Waals surface area contributed by atoms with Gasteiger partial charge in [0.1, 0.15) is 4.90 Å². The molecule has 0 radical (unpaired) electrons. The summed E-state index contributed by atoms with van der Waals surface area (Å²) >= 11 is 0. The predicted molar refractivity (Wildman–Crippen MR) is 82.5 cm³/mol. The second kappa shape index (κ2) is 6.41. The fourth-order valence-electron chi connectivity index (χ4n) is 2.26. The van der Waals surface area contributed by atoms with Gasteiger partial charge in [-0.25, -0.2) is 13.1 Å². The van der Waals surface area contributed by atoms with Gasteiger partial charge in [0.05, 0.1) is 5.69 Å². The van der Waals surface area contributed by atoms with E-state index in [0.29, 0.717) is 5.69 Å². The average molecular weight is 307 g/mol. The second-order valence-electron chi connectivity index (χ2n) is 5.30. The van der Waals surface area contributed by atoms with E-state index in [9.17, 15) is 8.42 Å². The highest BCUT2D eigenvalue weighted by atomic mass is 32.2. The molecular formula is C15H21N3O2S. The number of rotatable bonds is 6. The highest BCUT2D eigenvalue weighted by Crippen LogP contribution is 2.14. The van der Waals surface area contributed by atoms with E-state index in [-0.39, 0.29) is 10.9 Å². The zero-order valence-corrected chi connectivity index (χ0v) is 13.4. The van der Waals surface area contributed by atoms with Gasteiger partial charge in [-0.15, -0.1) is 0 Å². The Bertz CT molecular complexity index is 693. The van der Waals surface area contributed by atoms with Crippen molar-refractivity contribution in [1.82, 2.24) is 14.5 Å². The lowest BCUT2D eigenvalue weighted by atomic mass is 10.1. The lowest BCUT2D eigenvalue weighted by Crippen LogP contribution is -2.33. The van der Waals surface area contributed by atoms with E-state index in [2.05, 4.69) is 9.82 Å². The molecule has 0 aliphatic heterocycles. The third-order valence-corrected chi connectivity index (χ3v) is 5.02. The van der Waals surface area contributed by atoms with E-state index in [4.69, 9.17) is 0 Å². The van der Waals surface area contributed by atoms with Crippen LogP contribution in [0.4, 0.5) is 0 Å². The molecule has 0 saturated heterocycles. The van der Waals surface area contributed by atoms with Crippen molar-refractivity contribution in [2.24, 2.45) is 7.05 Å². The maximum Gasteiger partial charge on any atom is 0.244 e. The van der Waals surface area contributed by atoms with Crippen molar-refractivity contribution in [1.29, 1.82) is 0 Å². The first kappa shape index (κ1) is 15.7. The molecule has 114 valence electrons. The molecule has 0 saturated carbocycles. The fourth-order valence-corrected chi connectivity index (χ4v) is 3.75. The molecule has 1 N–H and O–H groups in total. The number of nitrogens with zero attached hydrogens (tertiary/aromatic N) is 2. The standard InChI is InChI=1S/C15H21N3O2S/c1-12(9-10-14-7-5-4-6-8-14)17-21(19,20)15-11-18(3)16-13(15)2/h4-8,11-12,17H,9-10H2,1-3H3/t12-/m1/s1. The Morgan fingerprint density at radius 1 is 1.29 bits per heavy atom. The molecule has 0 spiro atoms. The monoisotopic (exact) mass is 307 g/mol. The molecule has 0 bridgehead atoms. The van der Waals surface area contributed by atoms with Crippen molar-refractivity contribution >= 4 is 10.0 Å². The Balaban J connectivity index is 1.98. The van der Waals surface area contributed by atoms with Gasteiger partial charge in [-0.3, -0.25) is 4.68 Å². The van der Waals surface area contributed by atoms with Crippen molar-refractivity contribution < 1.29 is 8.42 Å². The first-order valence-electron chi connectivity index (χ1n) is 6.95. The summed E-state index contributed by atoms with van der Waals surface area (Å²) in [5, 5.41) is 4.08. The molecule has 1 atom stereocenters. The Morgan fingerprint density at radius 3 is 2.52 bits per heavy atom. The van der Waals surface area contributed by atoms with Crippen molar-refractivity contribution in [3.05, 3.63) is 47.8 Å². The molecule has 1 aromatic carbocycles. The Labute approximate surface area is 126 Å². The molecule has 1 heterocycles. The van der Waals surface area contributed by atoms with Gasteiger partial charge in [0.25, 0.3) is 0 Å². The lowest BCUT2D eigenvalue weighted by molar-refractivity contribution is 0.546. The van der Waals surface area contributed by atoms with E-state index in [1.54, 1.807) is 14.0 Å². The highest BCUT2D eigenvalue weighted by molar-refractivity contribution is 7.89. The zero-order chi connectivity index (χ0) is 15.5. The van der Waals surface area contributed by atoms with Crippen LogP contribution in [0.15, 0.2) is 41.4 Å². The SMILES string of the molecule is Cc1nn(C)cc1S(=O)(=O)N[C@H](C)CCc1ccccc1. The van der Waals surface area contributed by atoms with Crippen LogP contribution in [0.3, 0.4) is 0 Å². The number of benzene rings is 1. The van der Waals surface area contributed by atoms with E-state index in [0.717, 1.165) is 12.8 Å². The summed E-state index contributed by atoms with van der Waals surface area (Å²) < 4.78 is 28.9. The smallest absolute Gasteiger partial charge is 0.244 e. The zero-order valence-electron chi connectivity index (χ0n) is 12.6. The predicted octanol–water partition coefficient (Wildman–Crippen LogP) is 2.03. The molecular weight excluding hydrogens is 286 g/mol. The molecule has 0 fully saturated rings. The van der Waals surface area contributed by atoms with E-state index >= 15 is 0 Å². The molecule has 6 heteroatoms. The first-order valence-corrected chi connectivity index (χ1v) is 8.43. The molecule has 21 heavy (non-hydrogen) atoms. The molecule has 1 aromatic heterocycles. The van der Waals surface area contributed by atoms with Crippen LogP contribution in [-0.2, 0) is 23.5 Å². The number of aryl methyl sites for hydroxylation is 3. The molecule has 0 aliphatic carbocycles. The van der Waals surface area contributed by atoms with Gasteiger partial charge in [0.2, 0.25) is 10.0 Å². The maximum absolute atomic E-state index is 12.3. The molecule has 0 unspecified atom stereocenters. The minimum Gasteiger partial charge on any atom is -0.274 e. The summed E-state index contributed by atoms with van der Waals surface area (Å²) in [6, 6.07) is 9.92. The quantitative estimate of drug-likeness (QED) is 0.888. The van der Waals surface area contributed by atoms with Gasteiger partial charge in [-0.2, -0.15) is 5.10 Å². The fraction of sp³-hybridized carbons (Fsp3) is 0.400. The summed E-state index contributed by atoms with van der Waals surface area (Å²) in [4.78, 5) is 0.247. The summed E-state index contributed by atoms with van der Waals surface area (Å²) in [5.41, 5.74) is 1.72. The van der Waals surface area contributed by atoms with Crippen molar-refractivity contribution in [3.8, 4) is 0 Å². The van der Waals surface area contributed by atoms with Crippen molar-refractivity contribution in [2.45, 2.75) is 37.6 Å². The van der Waals surface area contributed by atoms with Gasteiger partial charge >= 0.3 is 0 Å². The van der Waals surface area contributed by atoms with Gasteiger partial charge < -0.3 is 0 Å². The van der Waals surface area contributed by atoms with Gasteiger partial charge in [-0.05, 0) is 32.3 Å². The number of hydrogen-bond donors (Lipinski definition) is 1. The summed E-state index contributed by atoms with van der Waals surface area (Å²) in [6.45, 7) is 3.58. The lowest BCUT2D eigenvalue weighted by Gasteiger charge is -2.13. The van der Waals surface area contributed by atoms with E-state index in [1.807, 2.05) is 37.3 Å². The van der Waals surface area contributed by atoms with Crippen molar-refractivity contribution in [2.75, 3.05) is 0 Å². The van der Waals surface area contributed by atoms with Crippen LogP contribution in [0.2, 0.25) is 0 Å². The van der Waals surface area contributed by atoms with E-state index < -0.39 is 10.0 Å². The Hall–Kier alpha value is -1.66. The topological polar surface area (TPSA) is 64.0 Å². The molecule has 2 aromatic rings. The van der Waals surface area contributed by atoms with Crippen LogP contribution in [0.25, 0.3) is 0 Å². The second-order valence-corrected chi connectivity index (χ2v) is 6.98. The van der Waals surface area contributed by atoms with Gasteiger partial charge in [0, 0.05) is 19.3 Å². The third kappa shape index (κ3) is 4.15. The number of nitrogens with one attached hydrogen (secondary N) is 1. The number of sulfonamides is 1. The van der Waals surface area contributed by atoms with Crippen LogP contribution in [0.5, 0.6) is 0 Å². The average Bonchev–Trinajstić information content (AvgIpc) is 2.77. The van der Waals surface area contributed by atoms with E-state index in [1.165, 1.54) is 16.4 Å². The van der Waals surface area contributed by atoms with Crippen molar-refractivity contribution in [3.63, 3.8) is 0 Å². The van der Waals surface area contributed by atoms with Crippen LogP contribution in [0.1, 0.15) is 24.6 Å². The number of hydrogen-bond acceptors (Lipinski definition) is 3. The van der Waals surface area contributed by atoms with Crippen LogP contribution >= 0.6 is 0 Å². The van der Waals surface area contributed by atoms with Gasteiger partial charge in [-0.1, -0.05) is 30.3 Å². The minimum atomic E-state index is -3.51. The molecule has 0 aliphatic rings. The van der Waals surface area contributed by atoms with Crippen LogP contribution in [-0.4, -0.2) is 24.2 Å². The summed E-state index contributed by atoms with van der Waals surface area (Å²) in [7, 11) is -1.79. The third-order valence-electron chi connectivity index (χ3n) is 3.32. The van der Waals surface area contributed by atoms with Crippen LogP contribution in [0, 0.1) is 6.92 Å². The van der Waals surface area contributed by atoms with Gasteiger partial charge in [0.15, 0.2) is 0 Å². The molecule has 0 amide bonds. The molecule has 2 rings (SSSR count). The summed E-state index contributed by atoms with van der Waals surface area (Å²) in [5.74, 6) is 0. The minimum absolute atomic E-state index is 0.130. The largest absolute Gasteiger partial charge is 0.274 e. The Kier molecular flexibility index (Phi) is 4.80.